The average Bonchev–Trinajstić information content (AvgIpc) is 2.96. The molecule has 0 saturated carbocycles. The SMILES string of the molecule is CCN(CC)CCSc1ncnc2sc(C)c(-c3ccc(Br)cc3)c12. The molecule has 0 unspecified atom stereocenters. The molecule has 0 atom stereocenters. The van der Waals surface area contributed by atoms with Crippen molar-refractivity contribution in [2.75, 3.05) is 25.4 Å². The van der Waals surface area contributed by atoms with Crippen LogP contribution in [0.4, 0.5) is 0 Å². The molecule has 2 heterocycles. The van der Waals surface area contributed by atoms with E-state index in [4.69, 9.17) is 0 Å². The number of aryl methyl sites for hydroxylation is 1. The highest BCUT2D eigenvalue weighted by molar-refractivity contribution is 9.10. The quantitative estimate of drug-likeness (QED) is 0.343. The molecule has 0 aliphatic rings. The fourth-order valence-electron chi connectivity index (χ4n) is 2.90. The molecule has 1 aromatic carbocycles. The normalized spacial score (nSPS) is 11.6. The van der Waals surface area contributed by atoms with Crippen LogP contribution in [0, 0.1) is 6.92 Å². The molecule has 0 fully saturated rings. The van der Waals surface area contributed by atoms with Gasteiger partial charge in [-0.2, -0.15) is 0 Å². The number of hydrogen-bond donors (Lipinski definition) is 0. The van der Waals surface area contributed by atoms with Crippen molar-refractivity contribution in [1.82, 2.24) is 14.9 Å². The highest BCUT2D eigenvalue weighted by Gasteiger charge is 2.17. The third kappa shape index (κ3) is 4.25. The number of nitrogens with zero attached hydrogens (tertiary/aromatic N) is 3. The number of aromatic nitrogens is 2. The largest absolute Gasteiger partial charge is 0.303 e. The molecular weight excluding hydrogens is 414 g/mol. The summed E-state index contributed by atoms with van der Waals surface area (Å²) in [6.45, 7) is 9.87. The second-order valence-electron chi connectivity index (χ2n) is 5.77. The van der Waals surface area contributed by atoms with Crippen molar-refractivity contribution < 1.29 is 0 Å². The summed E-state index contributed by atoms with van der Waals surface area (Å²) in [6, 6.07) is 8.51. The minimum absolute atomic E-state index is 1.04. The van der Waals surface area contributed by atoms with E-state index in [0.717, 1.165) is 39.7 Å². The van der Waals surface area contributed by atoms with E-state index < -0.39 is 0 Å². The van der Waals surface area contributed by atoms with Gasteiger partial charge in [0.15, 0.2) is 0 Å². The first-order valence-electron chi connectivity index (χ1n) is 8.49. The number of rotatable bonds is 7. The van der Waals surface area contributed by atoms with Crippen LogP contribution < -0.4 is 0 Å². The maximum absolute atomic E-state index is 4.60. The van der Waals surface area contributed by atoms with Gasteiger partial charge < -0.3 is 4.90 Å². The van der Waals surface area contributed by atoms with Crippen molar-refractivity contribution >= 4 is 49.2 Å². The molecule has 132 valence electrons. The van der Waals surface area contributed by atoms with Crippen LogP contribution in [0.5, 0.6) is 0 Å². The maximum atomic E-state index is 4.60. The molecule has 0 aliphatic heterocycles. The van der Waals surface area contributed by atoms with Crippen LogP contribution in [0.15, 0.2) is 40.1 Å². The zero-order valence-electron chi connectivity index (χ0n) is 14.8. The first-order chi connectivity index (χ1) is 12.1. The van der Waals surface area contributed by atoms with Crippen LogP contribution >= 0.6 is 39.0 Å². The van der Waals surface area contributed by atoms with Crippen molar-refractivity contribution in [3.8, 4) is 11.1 Å². The zero-order chi connectivity index (χ0) is 17.8. The first-order valence-corrected chi connectivity index (χ1v) is 11.1. The molecule has 3 aromatic rings. The van der Waals surface area contributed by atoms with Crippen LogP contribution in [0.3, 0.4) is 0 Å². The van der Waals surface area contributed by atoms with Crippen LogP contribution in [-0.2, 0) is 0 Å². The molecule has 0 aliphatic carbocycles. The Kier molecular flexibility index (Phi) is 6.49. The predicted octanol–water partition coefficient (Wildman–Crippen LogP) is 5.86. The summed E-state index contributed by atoms with van der Waals surface area (Å²) in [5, 5.41) is 2.30. The standard InChI is InChI=1S/C19H22BrN3S2/c1-4-23(5-2)10-11-24-18-17-16(14-6-8-15(20)9-7-14)13(3)25-19(17)22-12-21-18/h6-9,12H,4-5,10-11H2,1-3H3. The van der Waals surface area contributed by atoms with Gasteiger partial charge in [0.05, 0.1) is 5.39 Å². The fraction of sp³-hybridized carbons (Fsp3) is 0.368. The number of thioether (sulfide) groups is 1. The summed E-state index contributed by atoms with van der Waals surface area (Å²) in [6.07, 6.45) is 1.70. The summed E-state index contributed by atoms with van der Waals surface area (Å²) < 4.78 is 1.10. The predicted molar refractivity (Wildman–Crippen MR) is 114 cm³/mol. The van der Waals surface area contributed by atoms with Crippen LogP contribution in [0.2, 0.25) is 0 Å². The van der Waals surface area contributed by atoms with Gasteiger partial charge in [0.2, 0.25) is 0 Å². The molecule has 0 amide bonds. The summed E-state index contributed by atoms with van der Waals surface area (Å²) in [5.41, 5.74) is 2.51. The molecule has 0 bridgehead atoms. The van der Waals surface area contributed by atoms with Crippen molar-refractivity contribution in [3.05, 3.63) is 39.9 Å². The molecule has 2 aromatic heterocycles. The maximum Gasteiger partial charge on any atom is 0.128 e. The van der Waals surface area contributed by atoms with E-state index in [1.54, 1.807) is 17.7 Å². The van der Waals surface area contributed by atoms with Crippen LogP contribution in [0.25, 0.3) is 21.3 Å². The van der Waals surface area contributed by atoms with Crippen LogP contribution in [0.1, 0.15) is 18.7 Å². The lowest BCUT2D eigenvalue weighted by molar-refractivity contribution is 0.324. The number of thiophene rings is 1. The Labute approximate surface area is 166 Å². The lowest BCUT2D eigenvalue weighted by atomic mass is 10.0. The molecular formula is C19H22BrN3S2. The van der Waals surface area contributed by atoms with Gasteiger partial charge in [-0.3, -0.25) is 0 Å². The molecule has 0 spiro atoms. The van der Waals surface area contributed by atoms with E-state index in [0.29, 0.717) is 0 Å². The second-order valence-corrected chi connectivity index (χ2v) is 8.98. The summed E-state index contributed by atoms with van der Waals surface area (Å²) in [4.78, 5) is 13.9. The molecule has 0 saturated heterocycles. The van der Waals surface area contributed by atoms with Crippen molar-refractivity contribution in [3.63, 3.8) is 0 Å². The van der Waals surface area contributed by atoms with Gasteiger partial charge in [-0.25, -0.2) is 9.97 Å². The molecule has 3 rings (SSSR count). The van der Waals surface area contributed by atoms with Gasteiger partial charge in [0.1, 0.15) is 16.2 Å². The summed E-state index contributed by atoms with van der Waals surface area (Å²) >= 11 is 7.11. The highest BCUT2D eigenvalue weighted by Crippen LogP contribution is 2.41. The molecule has 25 heavy (non-hydrogen) atoms. The van der Waals surface area contributed by atoms with Gasteiger partial charge in [-0.1, -0.05) is 41.9 Å². The van der Waals surface area contributed by atoms with E-state index in [1.807, 2.05) is 11.8 Å². The topological polar surface area (TPSA) is 29.0 Å². The van der Waals surface area contributed by atoms with E-state index in [-0.39, 0.29) is 0 Å². The lowest BCUT2D eigenvalue weighted by Crippen LogP contribution is -2.25. The van der Waals surface area contributed by atoms with Gasteiger partial charge in [-0.15, -0.1) is 23.1 Å². The Hall–Kier alpha value is -0.950. The molecule has 6 heteroatoms. The van der Waals surface area contributed by atoms with Gasteiger partial charge in [0.25, 0.3) is 0 Å². The van der Waals surface area contributed by atoms with Crippen molar-refractivity contribution in [2.24, 2.45) is 0 Å². The minimum atomic E-state index is 1.04. The summed E-state index contributed by atoms with van der Waals surface area (Å²) in [7, 11) is 0. The average molecular weight is 436 g/mol. The Morgan fingerprint density at radius 3 is 2.52 bits per heavy atom. The summed E-state index contributed by atoms with van der Waals surface area (Å²) in [5.74, 6) is 1.04. The molecule has 0 N–H and O–H groups in total. The van der Waals surface area contributed by atoms with Gasteiger partial charge in [0, 0.05) is 27.2 Å². The number of halogens is 1. The van der Waals surface area contributed by atoms with Gasteiger partial charge >= 0.3 is 0 Å². The number of benzene rings is 1. The zero-order valence-corrected chi connectivity index (χ0v) is 18.0. The van der Waals surface area contributed by atoms with E-state index in [1.165, 1.54) is 21.4 Å². The van der Waals surface area contributed by atoms with E-state index in [2.05, 4.69) is 75.8 Å². The third-order valence-corrected chi connectivity index (χ3v) is 6.81. The van der Waals surface area contributed by atoms with E-state index in [9.17, 15) is 0 Å². The molecule has 3 nitrogen and oxygen atoms in total. The second kappa shape index (κ2) is 8.62. The van der Waals surface area contributed by atoms with Crippen molar-refractivity contribution in [2.45, 2.75) is 25.8 Å². The van der Waals surface area contributed by atoms with Gasteiger partial charge in [-0.05, 0) is 37.7 Å². The monoisotopic (exact) mass is 435 g/mol. The number of fused-ring (bicyclic) bond motifs is 1. The van der Waals surface area contributed by atoms with Crippen LogP contribution in [-0.4, -0.2) is 40.3 Å². The lowest BCUT2D eigenvalue weighted by Gasteiger charge is -2.17. The third-order valence-electron chi connectivity index (χ3n) is 4.30. The highest BCUT2D eigenvalue weighted by atomic mass is 79.9. The minimum Gasteiger partial charge on any atom is -0.303 e. The Morgan fingerprint density at radius 2 is 1.84 bits per heavy atom. The van der Waals surface area contributed by atoms with E-state index >= 15 is 0 Å². The number of hydrogen-bond acceptors (Lipinski definition) is 5. The molecule has 0 radical (unpaired) electrons. The smallest absolute Gasteiger partial charge is 0.128 e. The Balaban J connectivity index is 1.95. The Morgan fingerprint density at radius 1 is 1.12 bits per heavy atom. The first kappa shape index (κ1) is 18.8. The Bertz CT molecular complexity index is 842. The fourth-order valence-corrected chi connectivity index (χ4v) is 5.25. The van der Waals surface area contributed by atoms with Crippen molar-refractivity contribution in [1.29, 1.82) is 0 Å².